The van der Waals surface area contributed by atoms with Gasteiger partial charge in [-0.05, 0) is 67.5 Å². The van der Waals surface area contributed by atoms with E-state index in [1.54, 1.807) is 23.4 Å². The molecule has 2 heterocycles. The van der Waals surface area contributed by atoms with Crippen molar-refractivity contribution in [2.45, 2.75) is 50.9 Å². The molecule has 1 aromatic heterocycles. The second kappa shape index (κ2) is 8.52. The van der Waals surface area contributed by atoms with Crippen LogP contribution in [0.3, 0.4) is 0 Å². The third-order valence-electron chi connectivity index (χ3n) is 6.13. The maximum atomic E-state index is 13.8. The summed E-state index contributed by atoms with van der Waals surface area (Å²) in [6, 6.07) is 8.49. The van der Waals surface area contributed by atoms with Crippen LogP contribution in [0, 0.1) is 11.7 Å². The van der Waals surface area contributed by atoms with Crippen molar-refractivity contribution < 1.29 is 18.7 Å². The van der Waals surface area contributed by atoms with Crippen molar-refractivity contribution in [3.63, 3.8) is 0 Å². The molecule has 1 saturated heterocycles. The highest BCUT2D eigenvalue weighted by Crippen LogP contribution is 2.43. The van der Waals surface area contributed by atoms with Gasteiger partial charge in [0, 0.05) is 24.5 Å². The highest BCUT2D eigenvalue weighted by molar-refractivity contribution is 5.98. The number of rotatable bonds is 4. The maximum absolute atomic E-state index is 13.8. The van der Waals surface area contributed by atoms with E-state index in [-0.39, 0.29) is 24.0 Å². The van der Waals surface area contributed by atoms with E-state index >= 15 is 0 Å². The van der Waals surface area contributed by atoms with Gasteiger partial charge < -0.3 is 10.1 Å². The fourth-order valence-corrected chi connectivity index (χ4v) is 4.35. The molecule has 1 spiro atoms. The van der Waals surface area contributed by atoms with Crippen LogP contribution in [-0.4, -0.2) is 40.1 Å². The largest absolute Gasteiger partial charge is 0.353 e. The van der Waals surface area contributed by atoms with Gasteiger partial charge in [-0.2, -0.15) is 0 Å². The van der Waals surface area contributed by atoms with Crippen molar-refractivity contribution in [3.8, 4) is 0 Å². The topological polar surface area (TPSA) is 71.5 Å². The minimum atomic E-state index is -0.811. The summed E-state index contributed by atoms with van der Waals surface area (Å²) >= 11 is 0. The van der Waals surface area contributed by atoms with E-state index in [2.05, 4.69) is 17.2 Å². The van der Waals surface area contributed by atoms with Gasteiger partial charge in [0.15, 0.2) is 0 Å². The molecule has 2 aliphatic rings. The molecular formula is C23H26FN3O3. The molecule has 2 fully saturated rings. The van der Waals surface area contributed by atoms with E-state index in [1.165, 1.54) is 18.2 Å². The first kappa shape index (κ1) is 20.5. The van der Waals surface area contributed by atoms with Gasteiger partial charge >= 0.3 is 0 Å². The normalized spacial score (nSPS) is 26.0. The van der Waals surface area contributed by atoms with Crippen molar-refractivity contribution in [1.82, 2.24) is 15.2 Å². The lowest BCUT2D eigenvalue weighted by Gasteiger charge is -2.43. The summed E-state index contributed by atoms with van der Waals surface area (Å²) < 4.78 is 19.9. The molecule has 1 saturated carbocycles. The Bertz CT molecular complexity index is 913. The lowest BCUT2D eigenvalue weighted by molar-refractivity contribution is -0.128. The van der Waals surface area contributed by atoms with Crippen molar-refractivity contribution in [1.29, 1.82) is 0 Å². The van der Waals surface area contributed by atoms with Gasteiger partial charge in [-0.25, -0.2) is 4.39 Å². The summed E-state index contributed by atoms with van der Waals surface area (Å²) in [7, 11) is 0. The quantitative estimate of drug-likeness (QED) is 0.838. The monoisotopic (exact) mass is 411 g/mol. The first-order valence-corrected chi connectivity index (χ1v) is 10.4. The third-order valence-corrected chi connectivity index (χ3v) is 6.13. The van der Waals surface area contributed by atoms with E-state index in [1.807, 2.05) is 12.1 Å². The number of ether oxygens (including phenoxy) is 1. The second-order valence-corrected chi connectivity index (χ2v) is 8.21. The van der Waals surface area contributed by atoms with Crippen LogP contribution in [0.1, 0.15) is 48.5 Å². The summed E-state index contributed by atoms with van der Waals surface area (Å²) in [5.41, 5.74) is 0.334. The summed E-state index contributed by atoms with van der Waals surface area (Å²) in [6.45, 7) is 2.65. The fraction of sp³-hybridized carbons (Fsp3) is 0.435. The highest BCUT2D eigenvalue weighted by Gasteiger charge is 2.53. The third kappa shape index (κ3) is 4.07. The number of hydrogen-bond donors (Lipinski definition) is 1. The highest BCUT2D eigenvalue weighted by atomic mass is 19.1. The van der Waals surface area contributed by atoms with E-state index in [0.717, 1.165) is 18.4 Å². The SMILES string of the molecule is CC1CCC2(CC1)OCC(C(=O)NCc1ccncc1)N2C(=O)c1cccc(F)c1. The fourth-order valence-electron chi connectivity index (χ4n) is 4.35. The van der Waals surface area contributed by atoms with Gasteiger partial charge in [0.05, 0.1) is 6.61 Å². The van der Waals surface area contributed by atoms with Gasteiger partial charge in [-0.1, -0.05) is 13.0 Å². The number of benzene rings is 1. The van der Waals surface area contributed by atoms with Crippen molar-refractivity contribution in [3.05, 3.63) is 65.7 Å². The van der Waals surface area contributed by atoms with Gasteiger partial charge in [0.1, 0.15) is 17.6 Å². The summed E-state index contributed by atoms with van der Waals surface area (Å²) in [4.78, 5) is 32.0. The summed E-state index contributed by atoms with van der Waals surface area (Å²) in [6.07, 6.45) is 6.50. The lowest BCUT2D eigenvalue weighted by Crippen LogP contribution is -2.56. The smallest absolute Gasteiger partial charge is 0.256 e. The van der Waals surface area contributed by atoms with Gasteiger partial charge in [-0.3, -0.25) is 19.5 Å². The van der Waals surface area contributed by atoms with E-state index in [9.17, 15) is 14.0 Å². The van der Waals surface area contributed by atoms with Crippen LogP contribution < -0.4 is 5.32 Å². The number of amides is 2. The molecular weight excluding hydrogens is 385 g/mol. The predicted molar refractivity (Wildman–Crippen MR) is 109 cm³/mol. The summed E-state index contributed by atoms with van der Waals surface area (Å²) in [5.74, 6) is -0.575. The summed E-state index contributed by atoms with van der Waals surface area (Å²) in [5, 5.41) is 2.90. The molecule has 2 amide bonds. The molecule has 1 aliphatic heterocycles. The molecule has 1 unspecified atom stereocenters. The number of halogens is 1. The Balaban J connectivity index is 1.58. The van der Waals surface area contributed by atoms with Crippen LogP contribution in [0.2, 0.25) is 0 Å². The number of nitrogens with one attached hydrogen (secondary N) is 1. The van der Waals surface area contributed by atoms with Crippen molar-refractivity contribution in [2.75, 3.05) is 6.61 Å². The molecule has 158 valence electrons. The Morgan fingerprint density at radius 2 is 1.97 bits per heavy atom. The Morgan fingerprint density at radius 3 is 2.67 bits per heavy atom. The zero-order valence-electron chi connectivity index (χ0n) is 17.0. The lowest BCUT2D eigenvalue weighted by atomic mass is 9.83. The molecule has 1 atom stereocenters. The predicted octanol–water partition coefficient (Wildman–Crippen LogP) is 3.28. The van der Waals surface area contributed by atoms with E-state index in [0.29, 0.717) is 25.3 Å². The zero-order chi connectivity index (χ0) is 21.1. The number of carbonyl (C=O) groups is 2. The number of hydrogen-bond acceptors (Lipinski definition) is 4. The first-order valence-electron chi connectivity index (χ1n) is 10.4. The second-order valence-electron chi connectivity index (χ2n) is 8.21. The van der Waals surface area contributed by atoms with Crippen LogP contribution in [-0.2, 0) is 16.1 Å². The molecule has 7 heteroatoms. The number of carbonyl (C=O) groups excluding carboxylic acids is 2. The molecule has 6 nitrogen and oxygen atoms in total. The van der Waals surface area contributed by atoms with Crippen LogP contribution in [0.25, 0.3) is 0 Å². The molecule has 1 aromatic carbocycles. The van der Waals surface area contributed by atoms with Gasteiger partial charge in [0.25, 0.3) is 5.91 Å². The number of aromatic nitrogens is 1. The van der Waals surface area contributed by atoms with E-state index in [4.69, 9.17) is 4.74 Å². The molecule has 4 rings (SSSR count). The van der Waals surface area contributed by atoms with Crippen LogP contribution in [0.4, 0.5) is 4.39 Å². The average molecular weight is 411 g/mol. The Morgan fingerprint density at radius 1 is 1.23 bits per heavy atom. The first-order chi connectivity index (χ1) is 14.5. The Hall–Kier alpha value is -2.80. The van der Waals surface area contributed by atoms with Crippen LogP contribution in [0.15, 0.2) is 48.8 Å². The van der Waals surface area contributed by atoms with Crippen LogP contribution in [0.5, 0.6) is 0 Å². The van der Waals surface area contributed by atoms with Gasteiger partial charge in [-0.15, -0.1) is 0 Å². The van der Waals surface area contributed by atoms with Crippen LogP contribution >= 0.6 is 0 Å². The van der Waals surface area contributed by atoms with E-state index < -0.39 is 17.6 Å². The number of pyridine rings is 1. The minimum absolute atomic E-state index is 0.137. The van der Waals surface area contributed by atoms with Gasteiger partial charge in [0.2, 0.25) is 5.91 Å². The molecule has 0 bridgehead atoms. The average Bonchev–Trinajstić information content (AvgIpc) is 3.13. The maximum Gasteiger partial charge on any atom is 0.256 e. The van der Waals surface area contributed by atoms with Crippen molar-refractivity contribution in [2.24, 2.45) is 5.92 Å². The van der Waals surface area contributed by atoms with Crippen molar-refractivity contribution >= 4 is 11.8 Å². The molecule has 30 heavy (non-hydrogen) atoms. The number of nitrogens with zero attached hydrogens (tertiary/aromatic N) is 2. The molecule has 2 aromatic rings. The Kier molecular flexibility index (Phi) is 5.81. The molecule has 0 radical (unpaired) electrons. The Labute approximate surface area is 175 Å². The zero-order valence-corrected chi connectivity index (χ0v) is 17.0. The molecule has 1 N–H and O–H groups in total. The molecule has 1 aliphatic carbocycles. The standard InChI is InChI=1S/C23H26FN3O3/c1-16-5-9-23(10-6-16)27(22(29)18-3-2-4-19(24)13-18)20(15-30-23)21(28)26-14-17-7-11-25-12-8-17/h2-4,7-8,11-13,16,20H,5-6,9-10,14-15H2,1H3,(H,26,28). The minimum Gasteiger partial charge on any atom is -0.353 e.